The van der Waals surface area contributed by atoms with Gasteiger partial charge in [0.25, 0.3) is 0 Å². The normalized spacial score (nSPS) is 11.2. The number of aryl methyl sites for hydroxylation is 1. The first-order chi connectivity index (χ1) is 14.2. The van der Waals surface area contributed by atoms with Gasteiger partial charge in [-0.2, -0.15) is 0 Å². The number of aliphatic hydroxyl groups excluding tert-OH is 1. The van der Waals surface area contributed by atoms with Crippen molar-refractivity contribution >= 4 is 17.5 Å². The molecule has 2 heterocycles. The first-order valence-electron chi connectivity index (χ1n) is 8.49. The van der Waals surface area contributed by atoms with Crippen LogP contribution in [0.4, 0.5) is 29.5 Å². The fourth-order valence-electron chi connectivity index (χ4n) is 2.55. The van der Waals surface area contributed by atoms with Crippen molar-refractivity contribution in [1.82, 2.24) is 25.2 Å². The van der Waals surface area contributed by atoms with Crippen LogP contribution in [0, 0.1) is 6.92 Å². The molecule has 1 aromatic carbocycles. The molecule has 13 heteroatoms. The van der Waals surface area contributed by atoms with Gasteiger partial charge < -0.3 is 15.2 Å². The molecule has 2 aromatic heterocycles. The molecule has 30 heavy (non-hydrogen) atoms. The molecule has 3 aromatic rings. The smallest absolute Gasteiger partial charge is 0.406 e. The van der Waals surface area contributed by atoms with E-state index in [2.05, 4.69) is 35.9 Å². The summed E-state index contributed by atoms with van der Waals surface area (Å²) in [6.07, 6.45) is -4.79. The van der Waals surface area contributed by atoms with Crippen LogP contribution in [0.5, 0.6) is 5.75 Å². The van der Waals surface area contributed by atoms with Gasteiger partial charge in [0.1, 0.15) is 18.2 Å². The number of hydrogen-bond acceptors (Lipinski definition) is 7. The maximum Gasteiger partial charge on any atom is 0.573 e. The van der Waals surface area contributed by atoms with Crippen LogP contribution in [-0.4, -0.2) is 42.7 Å². The van der Waals surface area contributed by atoms with Crippen molar-refractivity contribution < 1.29 is 27.8 Å². The summed E-state index contributed by atoms with van der Waals surface area (Å²) in [6, 6.07) is 7.44. The monoisotopic (exact) mass is 423 g/mol. The van der Waals surface area contributed by atoms with Gasteiger partial charge in [-0.3, -0.25) is 5.32 Å². The summed E-state index contributed by atoms with van der Waals surface area (Å²) in [5.41, 5.74) is 1.61. The molecule has 0 unspecified atom stereocenters. The van der Waals surface area contributed by atoms with E-state index in [1.165, 1.54) is 16.8 Å². The summed E-state index contributed by atoms with van der Waals surface area (Å²) in [6.45, 7) is 1.67. The fraction of sp³-hybridized carbons (Fsp3) is 0.235. The maximum atomic E-state index is 12.2. The average molecular weight is 423 g/mol. The third-order valence-corrected chi connectivity index (χ3v) is 3.68. The van der Waals surface area contributed by atoms with Crippen molar-refractivity contribution in [2.45, 2.75) is 26.4 Å². The summed E-state index contributed by atoms with van der Waals surface area (Å²) in [4.78, 5) is 16.4. The summed E-state index contributed by atoms with van der Waals surface area (Å²) < 4.78 is 41.7. The highest BCUT2D eigenvalue weighted by Crippen LogP contribution is 2.24. The van der Waals surface area contributed by atoms with Crippen LogP contribution in [0.15, 0.2) is 36.4 Å². The third-order valence-electron chi connectivity index (χ3n) is 3.68. The van der Waals surface area contributed by atoms with E-state index in [0.717, 1.165) is 17.7 Å². The lowest BCUT2D eigenvalue weighted by Gasteiger charge is -2.11. The first-order valence-corrected chi connectivity index (χ1v) is 8.49. The number of halogens is 3. The Kier molecular flexibility index (Phi) is 6.11. The van der Waals surface area contributed by atoms with Gasteiger partial charge in [0.05, 0.1) is 6.54 Å². The number of benzene rings is 1. The zero-order valence-electron chi connectivity index (χ0n) is 15.5. The molecule has 3 rings (SSSR count). The Morgan fingerprint density at radius 3 is 2.60 bits per heavy atom. The van der Waals surface area contributed by atoms with Crippen molar-refractivity contribution in [2.75, 3.05) is 10.6 Å². The fourth-order valence-corrected chi connectivity index (χ4v) is 2.55. The second-order valence-corrected chi connectivity index (χ2v) is 6.06. The minimum Gasteiger partial charge on any atom is -0.406 e. The number of anilines is 2. The molecule has 0 radical (unpaired) electrons. The SMILES string of the molecule is Cc1cc(Cn2nnnc2CO)cc(NC(=O)Nc2ccc(OC(F)(F)F)cc2)n1. The van der Waals surface area contributed by atoms with Crippen molar-refractivity contribution in [3.63, 3.8) is 0 Å². The van der Waals surface area contributed by atoms with E-state index in [1.807, 2.05) is 0 Å². The summed E-state index contributed by atoms with van der Waals surface area (Å²) >= 11 is 0. The van der Waals surface area contributed by atoms with Crippen molar-refractivity contribution in [3.05, 3.63) is 53.5 Å². The Balaban J connectivity index is 1.64. The highest BCUT2D eigenvalue weighted by atomic mass is 19.4. The van der Waals surface area contributed by atoms with Gasteiger partial charge >= 0.3 is 12.4 Å². The minimum absolute atomic E-state index is 0.248. The second kappa shape index (κ2) is 8.73. The molecule has 0 saturated carbocycles. The molecular weight excluding hydrogens is 407 g/mol. The highest BCUT2D eigenvalue weighted by molar-refractivity contribution is 5.99. The van der Waals surface area contributed by atoms with Gasteiger partial charge in [-0.1, -0.05) is 0 Å². The Hall–Kier alpha value is -3.74. The molecule has 0 aliphatic carbocycles. The number of pyridine rings is 1. The molecule has 0 bridgehead atoms. The Labute approximate surface area is 167 Å². The van der Waals surface area contributed by atoms with Crippen LogP contribution in [0.2, 0.25) is 0 Å². The van der Waals surface area contributed by atoms with E-state index in [4.69, 9.17) is 0 Å². The topological polar surface area (TPSA) is 127 Å². The number of nitrogens with zero attached hydrogens (tertiary/aromatic N) is 5. The van der Waals surface area contributed by atoms with E-state index < -0.39 is 18.1 Å². The second-order valence-electron chi connectivity index (χ2n) is 6.06. The molecule has 0 saturated heterocycles. The number of aromatic nitrogens is 5. The number of tetrazole rings is 1. The Morgan fingerprint density at radius 1 is 1.20 bits per heavy atom. The number of hydrogen-bond donors (Lipinski definition) is 3. The number of urea groups is 1. The van der Waals surface area contributed by atoms with Crippen LogP contribution in [0.25, 0.3) is 0 Å². The number of carbonyl (C=O) groups excluding carboxylic acids is 1. The van der Waals surface area contributed by atoms with Crippen molar-refractivity contribution in [1.29, 1.82) is 0 Å². The van der Waals surface area contributed by atoms with Crippen LogP contribution >= 0.6 is 0 Å². The molecule has 0 aliphatic heterocycles. The molecule has 10 nitrogen and oxygen atoms in total. The van der Waals surface area contributed by atoms with E-state index >= 15 is 0 Å². The van der Waals surface area contributed by atoms with Gasteiger partial charge in [0, 0.05) is 11.4 Å². The minimum atomic E-state index is -4.79. The standard InChI is InChI=1S/C17H16F3N7O3/c1-10-6-11(8-27-15(9-28)24-25-26-27)7-14(21-10)23-16(29)22-12-2-4-13(5-3-12)30-17(18,19)20/h2-7,28H,8-9H2,1H3,(H2,21,22,23,29). The van der Waals surface area contributed by atoms with Crippen molar-refractivity contribution in [3.8, 4) is 5.75 Å². The number of aliphatic hydroxyl groups is 1. The summed E-state index contributed by atoms with van der Waals surface area (Å²) in [7, 11) is 0. The molecule has 158 valence electrons. The lowest BCUT2D eigenvalue weighted by atomic mass is 10.2. The van der Waals surface area contributed by atoms with E-state index in [-0.39, 0.29) is 30.5 Å². The van der Waals surface area contributed by atoms with Crippen LogP contribution in [0.1, 0.15) is 17.1 Å². The number of rotatable bonds is 6. The molecular formula is C17H16F3N7O3. The highest BCUT2D eigenvalue weighted by Gasteiger charge is 2.30. The largest absolute Gasteiger partial charge is 0.573 e. The van der Waals surface area contributed by atoms with Gasteiger partial charge in [-0.05, 0) is 59.3 Å². The number of carbonyl (C=O) groups is 1. The molecule has 3 N–H and O–H groups in total. The number of alkyl halides is 3. The predicted octanol–water partition coefficient (Wildman–Crippen LogP) is 2.46. The summed E-state index contributed by atoms with van der Waals surface area (Å²) in [5, 5.41) is 25.2. The molecule has 0 spiro atoms. The summed E-state index contributed by atoms with van der Waals surface area (Å²) in [5.74, 6) is 0.135. The zero-order valence-corrected chi connectivity index (χ0v) is 15.5. The van der Waals surface area contributed by atoms with Crippen molar-refractivity contribution in [2.24, 2.45) is 0 Å². The van der Waals surface area contributed by atoms with E-state index in [9.17, 15) is 23.1 Å². The predicted molar refractivity (Wildman–Crippen MR) is 97.6 cm³/mol. The zero-order chi connectivity index (χ0) is 21.7. The van der Waals surface area contributed by atoms with Crippen LogP contribution in [-0.2, 0) is 13.2 Å². The van der Waals surface area contributed by atoms with Gasteiger partial charge in [-0.15, -0.1) is 18.3 Å². The molecule has 0 atom stereocenters. The lowest BCUT2D eigenvalue weighted by molar-refractivity contribution is -0.274. The van der Waals surface area contributed by atoms with Gasteiger partial charge in [0.2, 0.25) is 0 Å². The van der Waals surface area contributed by atoms with Crippen LogP contribution < -0.4 is 15.4 Å². The Morgan fingerprint density at radius 2 is 1.93 bits per heavy atom. The number of amides is 2. The average Bonchev–Trinajstić information content (AvgIpc) is 3.08. The number of ether oxygens (including phenoxy) is 1. The van der Waals surface area contributed by atoms with Crippen LogP contribution in [0.3, 0.4) is 0 Å². The lowest BCUT2D eigenvalue weighted by Crippen LogP contribution is -2.21. The van der Waals surface area contributed by atoms with E-state index in [0.29, 0.717) is 5.69 Å². The third kappa shape index (κ3) is 5.88. The molecule has 2 amide bonds. The van der Waals surface area contributed by atoms with Gasteiger partial charge in [0.15, 0.2) is 5.82 Å². The van der Waals surface area contributed by atoms with Gasteiger partial charge in [-0.25, -0.2) is 14.5 Å². The molecule has 0 aliphatic rings. The number of nitrogens with one attached hydrogen (secondary N) is 2. The Bertz CT molecular complexity index is 1020. The quantitative estimate of drug-likeness (QED) is 0.556. The first kappa shape index (κ1) is 21.0. The molecule has 0 fully saturated rings. The maximum absolute atomic E-state index is 12.2. The van der Waals surface area contributed by atoms with E-state index in [1.54, 1.807) is 19.1 Å².